The Morgan fingerprint density at radius 2 is 1.74 bits per heavy atom. The molecule has 0 spiro atoms. The number of nitrogens with one attached hydrogen (secondary N) is 1. The van der Waals surface area contributed by atoms with E-state index in [2.05, 4.69) is 10.3 Å². The Kier molecular flexibility index (Phi) is 8.26. The number of rotatable bonds is 6. The van der Waals surface area contributed by atoms with Crippen LogP contribution in [0.15, 0.2) is 48.7 Å². The number of carbonyl (C=O) groups is 3. The van der Waals surface area contributed by atoms with Crippen molar-refractivity contribution in [3.8, 4) is 17.0 Å². The monoisotopic (exact) mass is 613 g/mol. The molecule has 0 unspecified atom stereocenters. The first kappa shape index (κ1) is 30.2. The maximum atomic E-state index is 14.6. The van der Waals surface area contributed by atoms with E-state index in [1.807, 2.05) is 26.2 Å². The van der Waals surface area contributed by atoms with Gasteiger partial charge in [-0.15, -0.1) is 0 Å². The van der Waals surface area contributed by atoms with Crippen LogP contribution in [-0.4, -0.2) is 102 Å². The van der Waals surface area contributed by atoms with Crippen molar-refractivity contribution < 1.29 is 32.4 Å². The van der Waals surface area contributed by atoms with E-state index in [9.17, 15) is 23.2 Å². The number of anilines is 1. The number of amides is 3. The molecule has 2 aliphatic rings. The predicted molar refractivity (Wildman–Crippen MR) is 157 cm³/mol. The van der Waals surface area contributed by atoms with Gasteiger partial charge in [-0.25, -0.2) is 9.37 Å². The van der Waals surface area contributed by atoms with Crippen molar-refractivity contribution in [2.24, 2.45) is 7.05 Å². The highest BCUT2D eigenvalue weighted by Gasteiger charge is 2.39. The van der Waals surface area contributed by atoms with Gasteiger partial charge in [-0.3, -0.25) is 14.4 Å². The normalized spacial score (nSPS) is 17.7. The molecular formula is C30H32ClF2N6O4+. The molecule has 2 aliphatic heterocycles. The summed E-state index contributed by atoms with van der Waals surface area (Å²) in [6.45, 7) is 2.42. The fourth-order valence-corrected chi connectivity index (χ4v) is 5.65. The molecule has 1 N–H and O–H groups in total. The third-order valence-electron chi connectivity index (χ3n) is 7.97. The standard InChI is InChI=1S/C30H31ClF2N6O4/c1-36-22(20-9-10-24(43-4)26(33)25(20)32)17-34-27(36)28(40)35-18-7-8-19(21(31)16-18)29(41)37-11-13-38(14-12-37)30(42)23-6-5-15-39(23,2)3/h5-10,16-17,23H,11-15H2,1-4H3/p+1/t23-/m0/s1. The number of benzene rings is 2. The van der Waals surface area contributed by atoms with Crippen molar-refractivity contribution in [2.45, 2.75) is 6.04 Å². The van der Waals surface area contributed by atoms with Gasteiger partial charge in [-0.2, -0.15) is 4.39 Å². The Morgan fingerprint density at radius 3 is 2.37 bits per heavy atom. The van der Waals surface area contributed by atoms with Crippen LogP contribution in [-0.2, 0) is 11.8 Å². The highest BCUT2D eigenvalue weighted by molar-refractivity contribution is 6.34. The number of hydrogen-bond acceptors (Lipinski definition) is 5. The number of halogens is 3. The van der Waals surface area contributed by atoms with E-state index in [1.54, 1.807) is 15.9 Å². The molecule has 3 amide bonds. The Balaban J connectivity index is 1.23. The van der Waals surface area contributed by atoms with Gasteiger partial charge in [0.2, 0.25) is 5.82 Å². The predicted octanol–water partition coefficient (Wildman–Crippen LogP) is 3.58. The summed E-state index contributed by atoms with van der Waals surface area (Å²) >= 11 is 6.46. The number of methoxy groups -OCH3 is 1. The lowest BCUT2D eigenvalue weighted by molar-refractivity contribution is -0.889. The number of quaternary nitrogens is 1. The molecule has 3 heterocycles. The zero-order valence-corrected chi connectivity index (χ0v) is 25.0. The van der Waals surface area contributed by atoms with E-state index in [1.165, 1.54) is 49.2 Å². The van der Waals surface area contributed by atoms with Gasteiger partial charge in [0.15, 0.2) is 23.4 Å². The van der Waals surface area contributed by atoms with Gasteiger partial charge >= 0.3 is 0 Å². The maximum Gasteiger partial charge on any atom is 0.291 e. The minimum atomic E-state index is -1.14. The van der Waals surface area contributed by atoms with Crippen LogP contribution < -0.4 is 10.1 Å². The largest absolute Gasteiger partial charge is 0.494 e. The van der Waals surface area contributed by atoms with Crippen LogP contribution in [0.5, 0.6) is 5.75 Å². The van der Waals surface area contributed by atoms with E-state index < -0.39 is 17.5 Å². The second-order valence-corrected chi connectivity index (χ2v) is 11.5. The summed E-state index contributed by atoms with van der Waals surface area (Å²) in [5.41, 5.74) is 0.695. The minimum absolute atomic E-state index is 0.0513. The fraction of sp³-hybridized carbons (Fsp3) is 0.333. The summed E-state index contributed by atoms with van der Waals surface area (Å²) in [6.07, 6.45) is 5.25. The van der Waals surface area contributed by atoms with Crippen molar-refractivity contribution in [3.05, 3.63) is 76.7 Å². The van der Waals surface area contributed by atoms with Crippen molar-refractivity contribution in [2.75, 3.05) is 59.2 Å². The molecular weight excluding hydrogens is 582 g/mol. The number of carbonyl (C=O) groups excluding carboxylic acids is 3. The summed E-state index contributed by atoms with van der Waals surface area (Å²) in [6, 6.07) is 6.95. The third-order valence-corrected chi connectivity index (χ3v) is 8.28. The summed E-state index contributed by atoms with van der Waals surface area (Å²) < 4.78 is 35.6. The second-order valence-electron chi connectivity index (χ2n) is 11.1. The van der Waals surface area contributed by atoms with Crippen LogP contribution in [0.1, 0.15) is 21.0 Å². The van der Waals surface area contributed by atoms with Crippen molar-refractivity contribution >= 4 is 35.0 Å². The summed E-state index contributed by atoms with van der Waals surface area (Å²) in [5.74, 6) is -3.37. The van der Waals surface area contributed by atoms with E-state index in [-0.39, 0.29) is 51.3 Å². The molecule has 1 aromatic heterocycles. The van der Waals surface area contributed by atoms with Crippen molar-refractivity contribution in [1.82, 2.24) is 19.4 Å². The Hall–Kier alpha value is -4.29. The molecule has 1 saturated heterocycles. The van der Waals surface area contributed by atoms with E-state index >= 15 is 0 Å². The molecule has 5 rings (SSSR count). The smallest absolute Gasteiger partial charge is 0.291 e. The number of likely N-dealkylation sites (N-methyl/N-ethyl adjacent to an activating group) is 1. The summed E-state index contributed by atoms with van der Waals surface area (Å²) in [4.78, 5) is 46.8. The van der Waals surface area contributed by atoms with Crippen LogP contribution in [0.3, 0.4) is 0 Å². The summed E-state index contributed by atoms with van der Waals surface area (Å²) in [5, 5.41) is 2.82. The molecule has 0 aliphatic carbocycles. The van der Waals surface area contributed by atoms with Crippen molar-refractivity contribution in [3.63, 3.8) is 0 Å². The van der Waals surface area contributed by atoms with Gasteiger partial charge < -0.3 is 28.9 Å². The molecule has 43 heavy (non-hydrogen) atoms. The molecule has 13 heteroatoms. The van der Waals surface area contributed by atoms with Crippen LogP contribution in [0.4, 0.5) is 14.5 Å². The molecule has 0 saturated carbocycles. The zero-order valence-electron chi connectivity index (χ0n) is 24.2. The van der Waals surface area contributed by atoms with Gasteiger partial charge in [0.1, 0.15) is 0 Å². The number of ether oxygens (including phenoxy) is 1. The average Bonchev–Trinajstić information content (AvgIpc) is 3.54. The highest BCUT2D eigenvalue weighted by Crippen LogP contribution is 2.30. The first-order valence-corrected chi connectivity index (χ1v) is 14.0. The molecule has 2 aromatic carbocycles. The molecule has 10 nitrogen and oxygen atoms in total. The van der Waals surface area contributed by atoms with Gasteiger partial charge in [-0.05, 0) is 42.5 Å². The number of hydrogen-bond donors (Lipinski definition) is 1. The third kappa shape index (κ3) is 5.72. The van der Waals surface area contributed by atoms with E-state index in [0.29, 0.717) is 36.3 Å². The fourth-order valence-electron chi connectivity index (χ4n) is 5.39. The Bertz CT molecular complexity index is 1630. The lowest BCUT2D eigenvalue weighted by atomic mass is 10.1. The van der Waals surface area contributed by atoms with Crippen LogP contribution in [0.2, 0.25) is 5.02 Å². The number of nitrogens with zero attached hydrogens (tertiary/aromatic N) is 5. The Labute approximate surface area is 252 Å². The van der Waals surface area contributed by atoms with Crippen LogP contribution >= 0.6 is 11.6 Å². The average molecular weight is 614 g/mol. The lowest BCUT2D eigenvalue weighted by Gasteiger charge is -2.38. The first-order valence-electron chi connectivity index (χ1n) is 13.6. The maximum absolute atomic E-state index is 14.6. The first-order chi connectivity index (χ1) is 20.4. The minimum Gasteiger partial charge on any atom is -0.494 e. The van der Waals surface area contributed by atoms with Gasteiger partial charge in [0.25, 0.3) is 17.7 Å². The topological polar surface area (TPSA) is 96.8 Å². The molecule has 226 valence electrons. The quantitative estimate of drug-likeness (QED) is 0.339. The second kappa shape index (κ2) is 11.8. The highest BCUT2D eigenvalue weighted by atomic mass is 35.5. The van der Waals surface area contributed by atoms with E-state index in [4.69, 9.17) is 16.3 Å². The van der Waals surface area contributed by atoms with Gasteiger partial charge in [-0.1, -0.05) is 11.6 Å². The van der Waals surface area contributed by atoms with Crippen LogP contribution in [0, 0.1) is 11.6 Å². The van der Waals surface area contributed by atoms with Crippen LogP contribution in [0.25, 0.3) is 11.3 Å². The Morgan fingerprint density at radius 1 is 1.05 bits per heavy atom. The molecule has 0 bridgehead atoms. The number of aromatic nitrogens is 2. The molecule has 0 radical (unpaired) electrons. The molecule has 1 fully saturated rings. The molecule has 3 aromatic rings. The molecule has 1 atom stereocenters. The summed E-state index contributed by atoms with van der Waals surface area (Å²) in [7, 11) is 6.79. The van der Waals surface area contributed by atoms with Crippen molar-refractivity contribution in [1.29, 1.82) is 0 Å². The number of imidazole rings is 1. The van der Waals surface area contributed by atoms with Gasteiger partial charge in [0.05, 0.1) is 50.2 Å². The van der Waals surface area contributed by atoms with E-state index in [0.717, 1.165) is 6.54 Å². The van der Waals surface area contributed by atoms with Gasteiger partial charge in [0, 0.05) is 44.5 Å². The zero-order chi connectivity index (χ0) is 31.1. The SMILES string of the molecule is COc1ccc(-c2cnc(C(=O)Nc3ccc(C(=O)N4CCN(C(=O)[C@@H]5C=CC[N+]5(C)C)CC4)c(Cl)c3)n2C)c(F)c1F. The number of piperazine rings is 1. The lowest BCUT2D eigenvalue weighted by Crippen LogP contribution is -2.58.